The molecule has 0 saturated carbocycles. The Kier molecular flexibility index (Phi) is 5.63. The van der Waals surface area contributed by atoms with Crippen molar-refractivity contribution in [3.8, 4) is 34.4 Å². The summed E-state index contributed by atoms with van der Waals surface area (Å²) in [4.78, 5) is 19.3. The fraction of sp³-hybridized carbons (Fsp3) is 0.238. The lowest BCUT2D eigenvalue weighted by atomic mass is 10.1. The zero-order valence-corrected chi connectivity index (χ0v) is 17.0. The number of aromatic amines is 1. The van der Waals surface area contributed by atoms with Gasteiger partial charge in [0, 0.05) is 23.3 Å². The highest BCUT2D eigenvalue weighted by Crippen LogP contribution is 2.40. The van der Waals surface area contributed by atoms with Gasteiger partial charge in [0.2, 0.25) is 5.91 Å². The maximum Gasteiger partial charge on any atom is 0.244 e. The number of primary amides is 1. The Morgan fingerprint density at radius 1 is 0.931 bits per heavy atom. The minimum absolute atomic E-state index is 0.420. The fourth-order valence-electron chi connectivity index (χ4n) is 2.99. The lowest BCUT2D eigenvalue weighted by Gasteiger charge is -2.12. The second kappa shape index (κ2) is 8.14. The van der Waals surface area contributed by atoms with Crippen molar-refractivity contribution in [3.63, 3.8) is 0 Å². The highest BCUT2D eigenvalue weighted by atomic mass is 16.5. The molecule has 0 aliphatic rings. The molecule has 3 rings (SSSR count). The van der Waals surface area contributed by atoms with Crippen molar-refractivity contribution in [2.75, 3.05) is 28.4 Å². The second-order valence-electron chi connectivity index (χ2n) is 6.30. The number of H-pyrrole nitrogens is 1. The first kappa shape index (κ1) is 20.1. The van der Waals surface area contributed by atoms with Gasteiger partial charge in [-0.05, 0) is 25.1 Å². The highest BCUT2D eigenvalue weighted by molar-refractivity contribution is 5.97. The maximum absolute atomic E-state index is 11.4. The van der Waals surface area contributed by atoms with E-state index in [1.807, 2.05) is 6.07 Å². The number of hydrogen-bond acceptors (Lipinski definition) is 6. The predicted octanol–water partition coefficient (Wildman–Crippen LogP) is 3.15. The van der Waals surface area contributed by atoms with Gasteiger partial charge in [0.15, 0.2) is 11.5 Å². The van der Waals surface area contributed by atoms with Crippen LogP contribution in [0.1, 0.15) is 12.5 Å². The number of nitrogens with zero attached hydrogens (tertiary/aromatic N) is 1. The first-order valence-corrected chi connectivity index (χ1v) is 8.78. The minimum Gasteiger partial charge on any atom is -0.496 e. The van der Waals surface area contributed by atoms with Gasteiger partial charge in [0.1, 0.15) is 17.3 Å². The van der Waals surface area contributed by atoms with Crippen LogP contribution >= 0.6 is 0 Å². The number of ether oxygens (including phenoxy) is 4. The molecule has 0 fully saturated rings. The molecular formula is C21H23N3O5. The van der Waals surface area contributed by atoms with Crippen LogP contribution < -0.4 is 24.7 Å². The molecule has 0 atom stereocenters. The summed E-state index contributed by atoms with van der Waals surface area (Å²) in [6, 6.07) is 7.18. The Morgan fingerprint density at radius 3 is 2.14 bits per heavy atom. The summed E-state index contributed by atoms with van der Waals surface area (Å²) in [5.74, 6) is 2.37. The summed E-state index contributed by atoms with van der Waals surface area (Å²) in [5, 5.41) is 0. The van der Waals surface area contributed by atoms with Crippen LogP contribution in [-0.4, -0.2) is 44.3 Å². The van der Waals surface area contributed by atoms with E-state index in [0.29, 0.717) is 51.0 Å². The maximum atomic E-state index is 11.4. The number of benzene rings is 2. The number of fused-ring (bicyclic) bond motifs is 1. The van der Waals surface area contributed by atoms with Crippen molar-refractivity contribution in [1.29, 1.82) is 0 Å². The lowest BCUT2D eigenvalue weighted by Crippen LogP contribution is -2.11. The Morgan fingerprint density at radius 2 is 1.55 bits per heavy atom. The normalized spacial score (nSPS) is 11.4. The van der Waals surface area contributed by atoms with E-state index in [2.05, 4.69) is 9.97 Å². The average molecular weight is 397 g/mol. The zero-order chi connectivity index (χ0) is 21.1. The van der Waals surface area contributed by atoms with Gasteiger partial charge in [-0.15, -0.1) is 0 Å². The van der Waals surface area contributed by atoms with Crippen LogP contribution in [0.3, 0.4) is 0 Å². The molecule has 0 spiro atoms. The predicted molar refractivity (Wildman–Crippen MR) is 111 cm³/mol. The first-order valence-electron chi connectivity index (χ1n) is 8.78. The molecule has 8 heteroatoms. The third-order valence-corrected chi connectivity index (χ3v) is 4.55. The van der Waals surface area contributed by atoms with Crippen molar-refractivity contribution in [3.05, 3.63) is 35.4 Å². The van der Waals surface area contributed by atoms with E-state index in [1.165, 1.54) is 0 Å². The number of hydrogen-bond donors (Lipinski definition) is 2. The van der Waals surface area contributed by atoms with E-state index < -0.39 is 5.91 Å². The Bertz CT molecular complexity index is 1100. The number of carbonyl (C=O) groups is 1. The summed E-state index contributed by atoms with van der Waals surface area (Å²) in [6.07, 6.45) is 1.68. The van der Waals surface area contributed by atoms with Crippen LogP contribution in [0.5, 0.6) is 23.0 Å². The number of imidazole rings is 1. The Labute approximate surface area is 168 Å². The number of aromatic nitrogens is 2. The number of rotatable bonds is 7. The van der Waals surface area contributed by atoms with Crippen LogP contribution in [0.2, 0.25) is 0 Å². The number of carbonyl (C=O) groups excluding carboxylic acids is 1. The van der Waals surface area contributed by atoms with Gasteiger partial charge in [-0.2, -0.15) is 0 Å². The first-order chi connectivity index (χ1) is 13.9. The SMILES string of the molecule is COc1cc2nc(-c3cc(OC)c(OC)cc3OC)[nH]c2cc1/C=C(\C)C(N)=O. The van der Waals surface area contributed by atoms with E-state index in [4.69, 9.17) is 24.7 Å². The van der Waals surface area contributed by atoms with E-state index in [0.717, 1.165) is 5.52 Å². The molecule has 0 saturated heterocycles. The monoisotopic (exact) mass is 397 g/mol. The number of amides is 1. The van der Waals surface area contributed by atoms with Crippen molar-refractivity contribution in [1.82, 2.24) is 9.97 Å². The van der Waals surface area contributed by atoms with E-state index in [1.54, 1.807) is 59.6 Å². The molecule has 29 heavy (non-hydrogen) atoms. The van der Waals surface area contributed by atoms with Gasteiger partial charge in [-0.3, -0.25) is 4.79 Å². The van der Waals surface area contributed by atoms with Crippen molar-refractivity contribution >= 4 is 23.0 Å². The molecule has 0 bridgehead atoms. The van der Waals surface area contributed by atoms with Gasteiger partial charge in [0.25, 0.3) is 0 Å². The van der Waals surface area contributed by atoms with Gasteiger partial charge in [0.05, 0.1) is 45.0 Å². The quantitative estimate of drug-likeness (QED) is 0.593. The van der Waals surface area contributed by atoms with Crippen molar-refractivity contribution < 1.29 is 23.7 Å². The zero-order valence-electron chi connectivity index (χ0n) is 17.0. The number of nitrogens with two attached hydrogens (primary N) is 1. The average Bonchev–Trinajstić information content (AvgIpc) is 3.14. The molecule has 1 amide bonds. The molecule has 0 aliphatic carbocycles. The Balaban J connectivity index is 2.18. The standard InChI is InChI=1S/C21H23N3O5/c1-11(20(22)25)6-12-7-14-15(9-16(12)26-2)24-21(23-14)13-8-18(28-4)19(29-5)10-17(13)27-3/h6-10H,1-5H3,(H2,22,25)(H,23,24)/b11-6+. The molecule has 152 valence electrons. The lowest BCUT2D eigenvalue weighted by molar-refractivity contribution is -0.114. The molecule has 3 aromatic rings. The van der Waals surface area contributed by atoms with Crippen LogP contribution in [0.25, 0.3) is 28.5 Å². The van der Waals surface area contributed by atoms with Crippen LogP contribution in [0.15, 0.2) is 29.8 Å². The molecule has 0 radical (unpaired) electrons. The van der Waals surface area contributed by atoms with Gasteiger partial charge >= 0.3 is 0 Å². The van der Waals surface area contributed by atoms with Gasteiger partial charge < -0.3 is 29.7 Å². The molecule has 2 aromatic carbocycles. The summed E-state index contributed by atoms with van der Waals surface area (Å²) in [5.41, 5.74) is 8.66. The van der Waals surface area contributed by atoms with E-state index in [9.17, 15) is 4.79 Å². The van der Waals surface area contributed by atoms with Gasteiger partial charge in [-0.25, -0.2) is 4.98 Å². The second-order valence-corrected chi connectivity index (χ2v) is 6.30. The summed E-state index contributed by atoms with van der Waals surface area (Å²) in [7, 11) is 6.26. The largest absolute Gasteiger partial charge is 0.496 e. The molecule has 8 nitrogen and oxygen atoms in total. The summed E-state index contributed by atoms with van der Waals surface area (Å²) in [6.45, 7) is 1.65. The molecular weight excluding hydrogens is 374 g/mol. The van der Waals surface area contributed by atoms with Crippen LogP contribution in [0.4, 0.5) is 0 Å². The fourth-order valence-corrected chi connectivity index (χ4v) is 2.99. The third-order valence-electron chi connectivity index (χ3n) is 4.55. The number of nitrogens with one attached hydrogen (secondary N) is 1. The van der Waals surface area contributed by atoms with Crippen molar-refractivity contribution in [2.24, 2.45) is 5.73 Å². The summed E-state index contributed by atoms with van der Waals surface area (Å²) >= 11 is 0. The number of methoxy groups -OCH3 is 4. The molecule has 3 N–H and O–H groups in total. The molecule has 1 aromatic heterocycles. The van der Waals surface area contributed by atoms with Crippen molar-refractivity contribution in [2.45, 2.75) is 6.92 Å². The molecule has 0 aliphatic heterocycles. The van der Waals surface area contributed by atoms with Gasteiger partial charge in [-0.1, -0.05) is 0 Å². The smallest absolute Gasteiger partial charge is 0.244 e. The highest BCUT2D eigenvalue weighted by Gasteiger charge is 2.17. The molecule has 0 unspecified atom stereocenters. The molecule has 1 heterocycles. The van der Waals surface area contributed by atoms with E-state index >= 15 is 0 Å². The Hall–Kier alpha value is -3.68. The minimum atomic E-state index is -0.493. The summed E-state index contributed by atoms with van der Waals surface area (Å²) < 4.78 is 21.7. The third kappa shape index (κ3) is 3.82. The van der Waals surface area contributed by atoms with Crippen LogP contribution in [-0.2, 0) is 4.79 Å². The van der Waals surface area contributed by atoms with Crippen LogP contribution in [0, 0.1) is 0 Å². The topological polar surface area (TPSA) is 109 Å². The van der Waals surface area contributed by atoms with E-state index in [-0.39, 0.29) is 0 Å².